The number of carbonyl (C=O) groups excluding carboxylic acids is 2. The Bertz CT molecular complexity index is 687. The number of amides is 1. The van der Waals surface area contributed by atoms with Crippen LogP contribution in [0.2, 0.25) is 0 Å². The first kappa shape index (κ1) is 23.5. The van der Waals surface area contributed by atoms with Gasteiger partial charge >= 0.3 is 5.97 Å². The first-order valence-electron chi connectivity index (χ1n) is 8.44. The smallest absolute Gasteiger partial charge is 0.329 e. The molecule has 154 valence electrons. The van der Waals surface area contributed by atoms with E-state index in [9.17, 15) is 14.0 Å². The Morgan fingerprint density at radius 1 is 1.46 bits per heavy atom. The number of nitrogens with one attached hydrogen (secondary N) is 1. The van der Waals surface area contributed by atoms with Gasteiger partial charge in [0.15, 0.2) is 0 Å². The summed E-state index contributed by atoms with van der Waals surface area (Å²) >= 11 is 1.37. The van der Waals surface area contributed by atoms with Crippen molar-refractivity contribution in [1.82, 2.24) is 5.32 Å². The maximum absolute atomic E-state index is 12.2. The molecule has 2 atom stereocenters. The molecular weight excluding hydrogens is 391 g/mol. The van der Waals surface area contributed by atoms with Gasteiger partial charge in [-0.3, -0.25) is 4.79 Å². The van der Waals surface area contributed by atoms with E-state index in [0.717, 1.165) is 5.56 Å². The molecule has 1 rings (SSSR count). The zero-order chi connectivity index (χ0) is 20.8. The number of methoxy groups -OCH3 is 1. The number of rotatable bonds is 13. The number of aliphatic hydroxyl groups excluding tert-OH is 1. The van der Waals surface area contributed by atoms with Crippen molar-refractivity contribution in [3.05, 3.63) is 40.3 Å². The zero-order valence-corrected chi connectivity index (χ0v) is 16.2. The van der Waals surface area contributed by atoms with Crippen molar-refractivity contribution in [2.24, 2.45) is 5.11 Å². The summed E-state index contributed by atoms with van der Waals surface area (Å²) < 4.78 is 22.1. The number of hydrogen-bond donors (Lipinski definition) is 2. The van der Waals surface area contributed by atoms with Crippen LogP contribution in [0.5, 0.6) is 5.75 Å². The number of halogens is 1. The fraction of sp³-hybridized carbons (Fsp3) is 0.529. The topological polar surface area (TPSA) is 134 Å². The van der Waals surface area contributed by atoms with Crippen LogP contribution in [0.15, 0.2) is 29.4 Å². The molecule has 0 saturated heterocycles. The first-order valence-corrected chi connectivity index (χ1v) is 9.59. The fourth-order valence-corrected chi connectivity index (χ4v) is 3.17. The molecular formula is C17H23FN4O5S. The first-order chi connectivity index (χ1) is 13.5. The summed E-state index contributed by atoms with van der Waals surface area (Å²) in [5.41, 5.74) is 9.42. The maximum atomic E-state index is 12.2. The molecule has 1 amide bonds. The second-order valence-electron chi connectivity index (χ2n) is 5.52. The number of benzene rings is 1. The molecule has 11 heteroatoms. The van der Waals surface area contributed by atoms with Crippen molar-refractivity contribution in [2.45, 2.75) is 24.3 Å². The minimum absolute atomic E-state index is 0.0206. The molecule has 0 aliphatic rings. The molecule has 0 radical (unpaired) electrons. The Morgan fingerprint density at radius 2 is 2.25 bits per heavy atom. The van der Waals surface area contributed by atoms with Crippen molar-refractivity contribution in [3.63, 3.8) is 0 Å². The van der Waals surface area contributed by atoms with Gasteiger partial charge in [0.1, 0.15) is 31.1 Å². The van der Waals surface area contributed by atoms with Crippen LogP contribution in [0.25, 0.3) is 10.4 Å². The Labute approximate surface area is 166 Å². The second-order valence-corrected chi connectivity index (χ2v) is 6.55. The zero-order valence-electron chi connectivity index (χ0n) is 15.4. The van der Waals surface area contributed by atoms with E-state index in [2.05, 4.69) is 15.3 Å². The van der Waals surface area contributed by atoms with E-state index in [1.165, 1.54) is 18.9 Å². The van der Waals surface area contributed by atoms with Gasteiger partial charge in [-0.05, 0) is 29.6 Å². The van der Waals surface area contributed by atoms with Gasteiger partial charge in [0.25, 0.3) is 0 Å². The molecule has 0 heterocycles. The lowest BCUT2D eigenvalue weighted by molar-refractivity contribution is -0.144. The van der Waals surface area contributed by atoms with E-state index >= 15 is 0 Å². The van der Waals surface area contributed by atoms with Crippen LogP contribution in [0.1, 0.15) is 12.0 Å². The monoisotopic (exact) mass is 414 g/mol. The minimum Gasteiger partial charge on any atom is -0.491 e. The molecule has 0 aliphatic heterocycles. The normalized spacial score (nSPS) is 12.4. The Balaban J connectivity index is 2.66. The number of aliphatic hydroxyl groups is 1. The van der Waals surface area contributed by atoms with E-state index in [-0.39, 0.29) is 25.4 Å². The largest absolute Gasteiger partial charge is 0.491 e. The quantitative estimate of drug-likeness (QED) is 0.219. The van der Waals surface area contributed by atoms with Gasteiger partial charge in [0.05, 0.1) is 7.11 Å². The molecule has 28 heavy (non-hydrogen) atoms. The van der Waals surface area contributed by atoms with Crippen molar-refractivity contribution >= 4 is 23.6 Å². The lowest BCUT2D eigenvalue weighted by atomic mass is 10.2. The van der Waals surface area contributed by atoms with Crippen LogP contribution in [0.3, 0.4) is 0 Å². The molecule has 0 spiro atoms. The molecule has 0 saturated carbocycles. The SMILES string of the molecule is COC(=O)[C@@H](CSCc1cccc(OCCF)c1)NC(=O)[C@H](CCO)N=[N+]=[N-]. The Hall–Kier alpha value is -2.49. The van der Waals surface area contributed by atoms with Crippen LogP contribution >= 0.6 is 11.8 Å². The van der Waals surface area contributed by atoms with E-state index in [4.69, 9.17) is 20.1 Å². The summed E-state index contributed by atoms with van der Waals surface area (Å²) in [4.78, 5) is 26.7. The lowest BCUT2D eigenvalue weighted by Gasteiger charge is -2.18. The second kappa shape index (κ2) is 13.6. The number of carbonyl (C=O) groups is 2. The van der Waals surface area contributed by atoms with Gasteiger partial charge in [-0.25, -0.2) is 9.18 Å². The maximum Gasteiger partial charge on any atom is 0.329 e. The van der Waals surface area contributed by atoms with Gasteiger partial charge in [0, 0.05) is 23.0 Å². The highest BCUT2D eigenvalue weighted by Crippen LogP contribution is 2.19. The van der Waals surface area contributed by atoms with Crippen molar-refractivity contribution in [1.29, 1.82) is 0 Å². The Morgan fingerprint density at radius 3 is 2.89 bits per heavy atom. The van der Waals surface area contributed by atoms with E-state index < -0.39 is 30.6 Å². The molecule has 0 bridgehead atoms. The van der Waals surface area contributed by atoms with Gasteiger partial charge in [0.2, 0.25) is 5.91 Å². The van der Waals surface area contributed by atoms with Crippen molar-refractivity contribution < 1.29 is 28.6 Å². The molecule has 0 fully saturated rings. The summed E-state index contributed by atoms with van der Waals surface area (Å²) in [5, 5.41) is 14.8. The third-order valence-corrected chi connectivity index (χ3v) is 4.60. The van der Waals surface area contributed by atoms with Gasteiger partial charge in [-0.1, -0.05) is 17.2 Å². The van der Waals surface area contributed by atoms with Crippen LogP contribution in [-0.4, -0.2) is 61.8 Å². The minimum atomic E-state index is -1.11. The molecule has 0 aliphatic carbocycles. The van der Waals surface area contributed by atoms with Crippen LogP contribution in [0, 0.1) is 0 Å². The number of esters is 1. The molecule has 1 aromatic rings. The third kappa shape index (κ3) is 8.47. The third-order valence-electron chi connectivity index (χ3n) is 3.50. The van der Waals surface area contributed by atoms with E-state index in [1.807, 2.05) is 6.07 Å². The number of thioether (sulfide) groups is 1. The number of azide groups is 1. The predicted octanol–water partition coefficient (Wildman–Crippen LogP) is 1.99. The summed E-state index contributed by atoms with van der Waals surface area (Å²) in [5.74, 6) is -0.00768. The Kier molecular flexibility index (Phi) is 11.5. The molecule has 0 unspecified atom stereocenters. The molecule has 1 aromatic carbocycles. The summed E-state index contributed by atoms with van der Waals surface area (Å²) in [6, 6.07) is 5.08. The van der Waals surface area contributed by atoms with Gasteiger partial charge < -0.3 is 19.9 Å². The highest BCUT2D eigenvalue weighted by Gasteiger charge is 2.25. The van der Waals surface area contributed by atoms with Gasteiger partial charge in [-0.2, -0.15) is 11.8 Å². The fourth-order valence-electron chi connectivity index (χ4n) is 2.18. The number of nitrogens with zero attached hydrogens (tertiary/aromatic N) is 3. The van der Waals surface area contributed by atoms with E-state index in [0.29, 0.717) is 11.5 Å². The van der Waals surface area contributed by atoms with Gasteiger partial charge in [-0.15, -0.1) is 0 Å². The summed E-state index contributed by atoms with van der Waals surface area (Å²) in [7, 11) is 1.20. The van der Waals surface area contributed by atoms with Crippen molar-refractivity contribution in [2.75, 3.05) is 32.8 Å². The number of alkyl halides is 1. The average Bonchev–Trinajstić information content (AvgIpc) is 2.71. The standard InChI is InChI=1S/C17H23FN4O5S/c1-26-17(25)15(20-16(24)14(5-7-23)21-22-19)11-28-10-12-3-2-4-13(9-12)27-8-6-18/h2-4,9,14-15,23H,5-8,10-11H2,1H3,(H,20,24)/t14-,15+/m0/s1. The number of hydrogen-bond acceptors (Lipinski definition) is 7. The molecule has 9 nitrogen and oxygen atoms in total. The molecule has 2 N–H and O–H groups in total. The van der Waals surface area contributed by atoms with E-state index in [1.54, 1.807) is 18.2 Å². The summed E-state index contributed by atoms with van der Waals surface area (Å²) in [6.45, 7) is -0.935. The molecule has 0 aromatic heterocycles. The number of ether oxygens (including phenoxy) is 2. The van der Waals surface area contributed by atoms with Crippen LogP contribution in [-0.2, 0) is 20.1 Å². The van der Waals surface area contributed by atoms with Crippen molar-refractivity contribution in [3.8, 4) is 5.75 Å². The summed E-state index contributed by atoms with van der Waals surface area (Å²) in [6.07, 6.45) is -0.0530. The highest BCUT2D eigenvalue weighted by atomic mass is 32.2. The van der Waals surface area contributed by atoms with Crippen LogP contribution < -0.4 is 10.1 Å². The average molecular weight is 414 g/mol. The predicted molar refractivity (Wildman–Crippen MR) is 103 cm³/mol. The highest BCUT2D eigenvalue weighted by molar-refractivity contribution is 7.98. The lowest BCUT2D eigenvalue weighted by Crippen LogP contribution is -2.47. The van der Waals surface area contributed by atoms with Crippen LogP contribution in [0.4, 0.5) is 4.39 Å².